The van der Waals surface area contributed by atoms with Crippen LogP contribution in [0.3, 0.4) is 0 Å². The van der Waals surface area contributed by atoms with E-state index in [-0.39, 0.29) is 40.1 Å². The highest BCUT2D eigenvalue weighted by molar-refractivity contribution is 5.21. The van der Waals surface area contributed by atoms with Crippen LogP contribution in [0.15, 0.2) is 0 Å². The van der Waals surface area contributed by atoms with Crippen molar-refractivity contribution in [1.29, 1.82) is 0 Å². The molecule has 0 amide bonds. The highest BCUT2D eigenvalue weighted by atomic mass is 16.7. The van der Waals surface area contributed by atoms with Gasteiger partial charge in [-0.15, -0.1) is 0 Å². The number of rotatable bonds is 8. The standard InChI is InChI=1S/C36H64O8/c1-19(2)10-9-11-20(3)21-12-15-35(7)27(21)22(38)16-25-34(6)14-13-26(39)33(4,5)31(34)23(17-36(25,35)8)43-32-30(42)29(41)28(40)24(18-37)44-32/h19-32,37-42H,9-18H2,1-8H3/t20?,21-,22-,23+,24-,25-,26+,27+,28-,29+,30-,31+,32-,34-,35-,36-/m1/s1. The lowest BCUT2D eigenvalue weighted by Gasteiger charge is -2.72. The van der Waals surface area contributed by atoms with Gasteiger partial charge in [0.05, 0.1) is 24.9 Å². The average Bonchev–Trinajstić information content (AvgIpc) is 3.32. The first kappa shape index (κ1) is 35.0. The molecule has 1 saturated heterocycles. The molecule has 4 aliphatic carbocycles. The molecule has 5 aliphatic rings. The number of hydrogen-bond donors (Lipinski definition) is 6. The van der Waals surface area contributed by atoms with Crippen molar-refractivity contribution in [3.63, 3.8) is 0 Å². The van der Waals surface area contributed by atoms with Gasteiger partial charge >= 0.3 is 0 Å². The number of fused-ring (bicyclic) bond motifs is 5. The van der Waals surface area contributed by atoms with E-state index in [4.69, 9.17) is 9.47 Å². The van der Waals surface area contributed by atoms with Crippen molar-refractivity contribution in [2.24, 2.45) is 57.2 Å². The molecule has 0 aromatic carbocycles. The van der Waals surface area contributed by atoms with Crippen LogP contribution in [-0.2, 0) is 9.47 Å². The Labute approximate surface area is 265 Å². The zero-order valence-corrected chi connectivity index (χ0v) is 28.7. The van der Waals surface area contributed by atoms with Crippen molar-refractivity contribution >= 4 is 0 Å². The van der Waals surface area contributed by atoms with E-state index < -0.39 is 54.9 Å². The lowest BCUT2D eigenvalue weighted by molar-refractivity contribution is -0.346. The van der Waals surface area contributed by atoms with Gasteiger partial charge in [0.1, 0.15) is 24.4 Å². The molecule has 16 atom stereocenters. The van der Waals surface area contributed by atoms with E-state index in [0.29, 0.717) is 30.6 Å². The van der Waals surface area contributed by atoms with Crippen molar-refractivity contribution in [2.45, 2.75) is 162 Å². The van der Waals surface area contributed by atoms with Crippen LogP contribution in [0.2, 0.25) is 0 Å². The first-order valence-electron chi connectivity index (χ1n) is 17.8. The number of aliphatic hydroxyl groups is 6. The van der Waals surface area contributed by atoms with E-state index in [1.807, 2.05) is 0 Å². The Balaban J connectivity index is 1.51. The van der Waals surface area contributed by atoms with E-state index in [9.17, 15) is 30.6 Å². The molecule has 0 bridgehead atoms. The lowest BCUT2D eigenvalue weighted by atomic mass is 9.34. The molecule has 6 N–H and O–H groups in total. The summed E-state index contributed by atoms with van der Waals surface area (Å²) < 4.78 is 12.7. The van der Waals surface area contributed by atoms with Crippen molar-refractivity contribution in [3.8, 4) is 0 Å². The molecule has 5 rings (SSSR count). The normalized spacial score (nSPS) is 52.7. The minimum Gasteiger partial charge on any atom is -0.394 e. The molecule has 4 saturated carbocycles. The molecule has 1 aliphatic heterocycles. The Morgan fingerprint density at radius 2 is 1.52 bits per heavy atom. The van der Waals surface area contributed by atoms with Crippen molar-refractivity contribution < 1.29 is 40.1 Å². The Kier molecular flexibility index (Phi) is 9.77. The van der Waals surface area contributed by atoms with E-state index >= 15 is 0 Å². The van der Waals surface area contributed by atoms with Gasteiger partial charge in [-0.1, -0.05) is 74.7 Å². The van der Waals surface area contributed by atoms with Crippen molar-refractivity contribution in [1.82, 2.24) is 0 Å². The van der Waals surface area contributed by atoms with Crippen molar-refractivity contribution in [3.05, 3.63) is 0 Å². The summed E-state index contributed by atoms with van der Waals surface area (Å²) in [6.45, 7) is 17.9. The van der Waals surface area contributed by atoms with Crippen LogP contribution in [0.4, 0.5) is 0 Å². The van der Waals surface area contributed by atoms with Gasteiger partial charge in [-0.3, -0.25) is 0 Å². The van der Waals surface area contributed by atoms with Gasteiger partial charge in [-0.05, 0) is 95.7 Å². The van der Waals surface area contributed by atoms with E-state index in [2.05, 4.69) is 55.4 Å². The third-order valence-electron chi connectivity index (χ3n) is 14.6. The zero-order chi connectivity index (χ0) is 32.6. The van der Waals surface area contributed by atoms with Gasteiger partial charge in [0.15, 0.2) is 6.29 Å². The van der Waals surface area contributed by atoms with Crippen LogP contribution in [0.5, 0.6) is 0 Å². The van der Waals surface area contributed by atoms with Crippen LogP contribution >= 0.6 is 0 Å². The summed E-state index contributed by atoms with van der Waals surface area (Å²) >= 11 is 0. The van der Waals surface area contributed by atoms with Gasteiger partial charge < -0.3 is 40.1 Å². The van der Waals surface area contributed by atoms with Gasteiger partial charge in [-0.25, -0.2) is 0 Å². The highest BCUT2D eigenvalue weighted by Crippen LogP contribution is 2.76. The predicted molar refractivity (Wildman–Crippen MR) is 168 cm³/mol. The average molecular weight is 625 g/mol. The minimum absolute atomic E-state index is 0.0938. The maximum Gasteiger partial charge on any atom is 0.186 e. The third kappa shape index (κ3) is 5.34. The SMILES string of the molecule is CC(C)CCCC(C)[C@H]1CC[C@]2(C)[C@@H]1[C@H](O)C[C@@H]1[C@@]3(C)CC[C@H](O)C(C)(C)[C@@H]3[C@@H](O[C@@H]3O[C@H](CO)[C@@H](O)[C@H](O)[C@H]3O)C[C@]12C. The van der Waals surface area contributed by atoms with E-state index in [0.717, 1.165) is 25.7 Å². The highest BCUT2D eigenvalue weighted by Gasteiger charge is 2.73. The summed E-state index contributed by atoms with van der Waals surface area (Å²) in [6.07, 6.45) is 0.796. The summed E-state index contributed by atoms with van der Waals surface area (Å²) in [6, 6.07) is 0. The Bertz CT molecular complexity index is 1000. The molecule has 44 heavy (non-hydrogen) atoms. The second-order valence-electron chi connectivity index (χ2n) is 17.7. The first-order valence-corrected chi connectivity index (χ1v) is 17.8. The zero-order valence-electron chi connectivity index (χ0n) is 28.7. The predicted octanol–water partition coefficient (Wildman–Crippen LogP) is 4.26. The molecule has 5 fully saturated rings. The molecule has 1 unspecified atom stereocenters. The van der Waals surface area contributed by atoms with Crippen LogP contribution in [0, 0.1) is 57.2 Å². The Morgan fingerprint density at radius 1 is 0.841 bits per heavy atom. The first-order chi connectivity index (χ1) is 20.4. The maximum atomic E-state index is 12.1. The van der Waals surface area contributed by atoms with E-state index in [1.54, 1.807) is 0 Å². The number of hydrogen-bond acceptors (Lipinski definition) is 8. The topological polar surface area (TPSA) is 140 Å². The molecule has 0 aromatic heterocycles. The fraction of sp³-hybridized carbons (Fsp3) is 1.00. The lowest BCUT2D eigenvalue weighted by Crippen LogP contribution is -2.70. The number of ether oxygens (including phenoxy) is 2. The fourth-order valence-electron chi connectivity index (χ4n) is 12.1. The molecule has 0 radical (unpaired) electrons. The van der Waals surface area contributed by atoms with Crippen LogP contribution in [0.25, 0.3) is 0 Å². The monoisotopic (exact) mass is 624 g/mol. The molecule has 0 spiro atoms. The fourth-order valence-corrected chi connectivity index (χ4v) is 12.1. The Morgan fingerprint density at radius 3 is 2.16 bits per heavy atom. The smallest absolute Gasteiger partial charge is 0.186 e. The summed E-state index contributed by atoms with van der Waals surface area (Å²) in [4.78, 5) is 0. The molecular formula is C36H64O8. The Hall–Kier alpha value is -0.320. The van der Waals surface area contributed by atoms with Crippen LogP contribution in [0.1, 0.15) is 113 Å². The summed E-state index contributed by atoms with van der Waals surface area (Å²) in [5, 5.41) is 65.3. The van der Waals surface area contributed by atoms with E-state index in [1.165, 1.54) is 19.3 Å². The molecular weight excluding hydrogens is 560 g/mol. The quantitative estimate of drug-likeness (QED) is 0.220. The number of aliphatic hydroxyl groups excluding tert-OH is 6. The second kappa shape index (κ2) is 12.3. The van der Waals surface area contributed by atoms with Crippen molar-refractivity contribution in [2.75, 3.05) is 6.61 Å². The maximum absolute atomic E-state index is 12.1. The molecule has 8 nitrogen and oxygen atoms in total. The summed E-state index contributed by atoms with van der Waals surface area (Å²) in [5.41, 5.74) is -1.04. The van der Waals surface area contributed by atoms with Crippen LogP contribution < -0.4 is 0 Å². The molecule has 1 heterocycles. The van der Waals surface area contributed by atoms with Crippen LogP contribution in [-0.4, -0.2) is 86.3 Å². The summed E-state index contributed by atoms with van der Waals surface area (Å²) in [7, 11) is 0. The van der Waals surface area contributed by atoms with Gasteiger partial charge in [-0.2, -0.15) is 0 Å². The van der Waals surface area contributed by atoms with Gasteiger partial charge in [0, 0.05) is 0 Å². The second-order valence-corrected chi connectivity index (χ2v) is 17.7. The molecule has 0 aromatic rings. The molecule has 256 valence electrons. The summed E-state index contributed by atoms with van der Waals surface area (Å²) in [5.74, 6) is 2.06. The minimum atomic E-state index is -1.51. The largest absolute Gasteiger partial charge is 0.394 e. The van der Waals surface area contributed by atoms with Gasteiger partial charge in [0.25, 0.3) is 0 Å². The molecule has 8 heteroatoms. The van der Waals surface area contributed by atoms with Gasteiger partial charge in [0.2, 0.25) is 0 Å². The third-order valence-corrected chi connectivity index (χ3v) is 14.6.